The second-order valence-electron chi connectivity index (χ2n) is 10.00. The average Bonchev–Trinajstić information content (AvgIpc) is 3.45. The van der Waals surface area contributed by atoms with Crippen LogP contribution in [0.25, 0.3) is 5.57 Å². The van der Waals surface area contributed by atoms with E-state index in [0.717, 1.165) is 45.4 Å². The number of nitrogens with zero attached hydrogens (tertiary/aromatic N) is 2. The van der Waals surface area contributed by atoms with Crippen LogP contribution in [0, 0.1) is 6.92 Å². The molecule has 34 heavy (non-hydrogen) atoms. The van der Waals surface area contributed by atoms with E-state index in [1.54, 1.807) is 6.08 Å². The summed E-state index contributed by atoms with van der Waals surface area (Å²) in [4.78, 5) is 20.3. The van der Waals surface area contributed by atoms with Crippen molar-refractivity contribution in [2.75, 3.05) is 31.1 Å². The number of aryl methyl sites for hydroxylation is 1. The molecule has 4 heterocycles. The van der Waals surface area contributed by atoms with Crippen LogP contribution in [-0.4, -0.2) is 42.0 Å². The predicted octanol–water partition coefficient (Wildman–Crippen LogP) is 6.44. The summed E-state index contributed by atoms with van der Waals surface area (Å²) in [6, 6.07) is 4.75. The molecule has 1 N–H and O–H groups in total. The van der Waals surface area contributed by atoms with E-state index in [0.29, 0.717) is 12.3 Å². The van der Waals surface area contributed by atoms with E-state index in [1.807, 2.05) is 25.7 Å². The Morgan fingerprint density at radius 2 is 1.88 bits per heavy atom. The molecular formula is C30H43N3O. The highest BCUT2D eigenvalue weighted by atomic mass is 16.2. The van der Waals surface area contributed by atoms with Gasteiger partial charge in [-0.15, -0.1) is 6.58 Å². The summed E-state index contributed by atoms with van der Waals surface area (Å²) < 4.78 is 0. The number of aromatic nitrogens is 1. The van der Waals surface area contributed by atoms with Crippen LogP contribution in [0.5, 0.6) is 0 Å². The van der Waals surface area contributed by atoms with Crippen LogP contribution < -0.4 is 4.90 Å². The molecule has 0 spiro atoms. The number of benzene rings is 1. The van der Waals surface area contributed by atoms with Gasteiger partial charge in [0.1, 0.15) is 0 Å². The topological polar surface area (TPSA) is 39.3 Å². The molecule has 2 aromatic rings. The summed E-state index contributed by atoms with van der Waals surface area (Å²) in [5, 5.41) is 0. The quantitative estimate of drug-likeness (QED) is 0.532. The van der Waals surface area contributed by atoms with E-state index < -0.39 is 0 Å². The zero-order chi connectivity index (χ0) is 24.9. The molecule has 1 amide bonds. The van der Waals surface area contributed by atoms with Crippen molar-refractivity contribution in [1.82, 2.24) is 9.88 Å². The maximum absolute atomic E-state index is 12.5. The van der Waals surface area contributed by atoms with E-state index in [4.69, 9.17) is 0 Å². The number of anilines is 1. The highest BCUT2D eigenvalue weighted by Crippen LogP contribution is 2.45. The lowest BCUT2D eigenvalue weighted by Gasteiger charge is -2.37. The zero-order valence-corrected chi connectivity index (χ0v) is 22.1. The van der Waals surface area contributed by atoms with Crippen molar-refractivity contribution in [2.45, 2.75) is 72.6 Å². The van der Waals surface area contributed by atoms with Crippen LogP contribution >= 0.6 is 0 Å². The van der Waals surface area contributed by atoms with Gasteiger partial charge in [-0.3, -0.25) is 9.69 Å². The Labute approximate surface area is 206 Å². The Hall–Kier alpha value is -2.59. The minimum absolute atomic E-state index is 0.0603. The second kappa shape index (κ2) is 11.2. The van der Waals surface area contributed by atoms with E-state index in [1.165, 1.54) is 39.1 Å². The van der Waals surface area contributed by atoms with Gasteiger partial charge in [-0.05, 0) is 66.5 Å². The molecular weight excluding hydrogens is 418 g/mol. The number of hydrogen-bond acceptors (Lipinski definition) is 2. The van der Waals surface area contributed by atoms with Gasteiger partial charge in [-0.25, -0.2) is 0 Å². The van der Waals surface area contributed by atoms with Gasteiger partial charge in [-0.1, -0.05) is 52.0 Å². The van der Waals surface area contributed by atoms with E-state index in [-0.39, 0.29) is 5.41 Å². The monoisotopic (exact) mass is 461 g/mol. The lowest BCUT2D eigenvalue weighted by molar-refractivity contribution is -0.120. The molecule has 4 heteroatoms. The Balaban J connectivity index is 0.000000603. The highest BCUT2D eigenvalue weighted by Gasteiger charge is 2.40. The lowest BCUT2D eigenvalue weighted by atomic mass is 9.76. The number of nitrogens with one attached hydrogen (secondary N) is 1. The number of carbonyl (C=O) groups is 1. The predicted molar refractivity (Wildman–Crippen MR) is 146 cm³/mol. The molecule has 3 aliphatic rings. The Morgan fingerprint density at radius 1 is 1.15 bits per heavy atom. The molecule has 0 fully saturated rings. The number of H-pyrrole nitrogens is 1. The summed E-state index contributed by atoms with van der Waals surface area (Å²) >= 11 is 0. The fraction of sp³-hybridized carbons (Fsp3) is 0.500. The number of allylic oxidation sites excluding steroid dienone is 1. The van der Waals surface area contributed by atoms with E-state index in [9.17, 15) is 4.79 Å². The minimum atomic E-state index is -0.0603. The normalized spacial score (nSPS) is 18.2. The smallest absolute Gasteiger partial charge is 0.227 e. The third kappa shape index (κ3) is 5.38. The third-order valence-corrected chi connectivity index (χ3v) is 7.05. The van der Waals surface area contributed by atoms with Crippen LogP contribution in [0.4, 0.5) is 5.69 Å². The molecule has 4 nitrogen and oxygen atoms in total. The van der Waals surface area contributed by atoms with Gasteiger partial charge >= 0.3 is 0 Å². The molecule has 184 valence electrons. The van der Waals surface area contributed by atoms with Gasteiger partial charge in [-0.2, -0.15) is 0 Å². The first-order valence-electron chi connectivity index (χ1n) is 12.9. The first-order chi connectivity index (χ1) is 16.3. The van der Waals surface area contributed by atoms with Gasteiger partial charge in [0.05, 0.1) is 5.69 Å². The fourth-order valence-electron chi connectivity index (χ4n) is 5.33. The molecule has 0 saturated carbocycles. The van der Waals surface area contributed by atoms with Crippen LogP contribution in [0.15, 0.2) is 43.3 Å². The van der Waals surface area contributed by atoms with Gasteiger partial charge in [0.15, 0.2) is 0 Å². The minimum Gasteiger partial charge on any atom is -0.367 e. The fourth-order valence-corrected chi connectivity index (χ4v) is 5.33. The van der Waals surface area contributed by atoms with Crippen molar-refractivity contribution in [3.8, 4) is 0 Å². The molecule has 0 unspecified atom stereocenters. The number of aromatic amines is 1. The largest absolute Gasteiger partial charge is 0.367 e. The van der Waals surface area contributed by atoms with Gasteiger partial charge in [0.2, 0.25) is 5.91 Å². The Bertz CT molecular complexity index is 1040. The maximum atomic E-state index is 12.5. The van der Waals surface area contributed by atoms with Gasteiger partial charge < -0.3 is 9.88 Å². The lowest BCUT2D eigenvalue weighted by Crippen LogP contribution is -2.40. The van der Waals surface area contributed by atoms with Crippen molar-refractivity contribution in [2.24, 2.45) is 0 Å². The molecule has 0 bridgehead atoms. The Morgan fingerprint density at radius 3 is 2.50 bits per heavy atom. The number of carbonyl (C=O) groups excluding carboxylic acids is 1. The number of amides is 1. The van der Waals surface area contributed by atoms with Crippen molar-refractivity contribution in [3.63, 3.8) is 0 Å². The highest BCUT2D eigenvalue weighted by molar-refractivity contribution is 6.00. The molecule has 3 aliphatic heterocycles. The molecule has 0 saturated heterocycles. The average molecular weight is 462 g/mol. The van der Waals surface area contributed by atoms with Gasteiger partial charge in [0.25, 0.3) is 0 Å². The Kier molecular flexibility index (Phi) is 8.59. The number of hydrogen-bond donors (Lipinski definition) is 1. The summed E-state index contributed by atoms with van der Waals surface area (Å²) in [7, 11) is 0. The zero-order valence-electron chi connectivity index (χ0n) is 22.1. The van der Waals surface area contributed by atoms with E-state index >= 15 is 0 Å². The molecule has 5 rings (SSSR count). The van der Waals surface area contributed by atoms with Gasteiger partial charge in [0, 0.05) is 50.4 Å². The molecule has 1 aromatic heterocycles. The standard InChI is InChI=1S/C25H31N3O.C3H6.C2H6/c1-17-15-26-16-21(17)19-5-9-27(10-6-19)8-4-18-12-20-7-11-28-23(29)14-25(2,3)22(13-18)24(20)28;1-3-2;1-2/h5,12-13,15-16,26H,4,6-11,14H2,1-3H3;3H,1H2,2H3;1-2H3. The number of rotatable bonds is 4. The van der Waals surface area contributed by atoms with Crippen LogP contribution in [0.1, 0.15) is 75.3 Å². The summed E-state index contributed by atoms with van der Waals surface area (Å²) in [5.41, 5.74) is 9.55. The summed E-state index contributed by atoms with van der Waals surface area (Å²) in [5.74, 6) is 0.294. The molecule has 0 aliphatic carbocycles. The van der Waals surface area contributed by atoms with Crippen LogP contribution in [0.2, 0.25) is 0 Å². The summed E-state index contributed by atoms with van der Waals surface area (Å²) in [6.45, 7) is 20.0. The second-order valence-corrected chi connectivity index (χ2v) is 10.00. The van der Waals surface area contributed by atoms with Crippen molar-refractivity contribution >= 4 is 17.2 Å². The first-order valence-corrected chi connectivity index (χ1v) is 12.9. The van der Waals surface area contributed by atoms with Crippen LogP contribution in [-0.2, 0) is 23.1 Å². The van der Waals surface area contributed by atoms with E-state index in [2.05, 4.69) is 67.8 Å². The summed E-state index contributed by atoms with van der Waals surface area (Å²) in [6.07, 6.45) is 12.2. The SMILES string of the molecule is C=CC.CC.Cc1c[nH]cc1C1=CCN(CCc2cc3c4c(c2)C(C)(C)CC(=O)N4CC3)CC1. The maximum Gasteiger partial charge on any atom is 0.227 e. The molecule has 1 aromatic carbocycles. The van der Waals surface area contributed by atoms with Crippen molar-refractivity contribution < 1.29 is 4.79 Å². The third-order valence-electron chi connectivity index (χ3n) is 7.05. The molecule has 0 atom stereocenters. The first kappa shape index (κ1) is 26.0. The van der Waals surface area contributed by atoms with Crippen LogP contribution in [0.3, 0.4) is 0 Å². The van der Waals surface area contributed by atoms with Crippen molar-refractivity contribution in [1.29, 1.82) is 0 Å². The van der Waals surface area contributed by atoms with Crippen molar-refractivity contribution in [3.05, 3.63) is 71.1 Å². The molecule has 0 radical (unpaired) electrons.